The summed E-state index contributed by atoms with van der Waals surface area (Å²) in [4.78, 5) is 41.6. The number of rotatable bonds is 4. The maximum atomic E-state index is 13.6. The third-order valence-corrected chi connectivity index (χ3v) is 7.04. The van der Waals surface area contributed by atoms with Gasteiger partial charge in [-0.25, -0.2) is 0 Å². The van der Waals surface area contributed by atoms with Gasteiger partial charge < -0.3 is 47.1 Å². The molecule has 0 spiro atoms. The number of morpholine rings is 1. The van der Waals surface area contributed by atoms with Crippen LogP contribution in [-0.4, -0.2) is 95.0 Å². The summed E-state index contributed by atoms with van der Waals surface area (Å²) in [5.74, 6) is -1.85. The Labute approximate surface area is 238 Å². The number of phenolic OH excluding ortho intramolecular Hbond substituents is 2. The molecule has 1 fully saturated rings. The van der Waals surface area contributed by atoms with Crippen LogP contribution in [0.3, 0.4) is 0 Å². The van der Waals surface area contributed by atoms with Crippen molar-refractivity contribution in [2.75, 3.05) is 32.8 Å². The fraction of sp³-hybridized carbons (Fsp3) is 0.444. The number of fused-ring (bicyclic) bond motifs is 5. The number of halogens is 1. The zero-order valence-corrected chi connectivity index (χ0v) is 22.7. The van der Waals surface area contributed by atoms with Gasteiger partial charge in [0.25, 0.3) is 0 Å². The number of aromatic hydroxyl groups is 2. The Balaban J connectivity index is 0.00000441. The lowest BCUT2D eigenvalue weighted by Crippen LogP contribution is -2.58. The van der Waals surface area contributed by atoms with E-state index in [1.807, 2.05) is 0 Å². The molecule has 2 aromatic rings. The van der Waals surface area contributed by atoms with Crippen LogP contribution in [0.4, 0.5) is 0 Å². The lowest BCUT2D eigenvalue weighted by Gasteiger charge is -2.32. The molecule has 2 aliphatic rings. The fourth-order valence-corrected chi connectivity index (χ4v) is 4.76. The van der Waals surface area contributed by atoms with Crippen molar-refractivity contribution >= 4 is 30.1 Å². The zero-order valence-electron chi connectivity index (χ0n) is 21.9. The second-order valence-electron chi connectivity index (χ2n) is 9.89. The molecule has 4 atom stereocenters. The first-order chi connectivity index (χ1) is 18.7. The summed E-state index contributed by atoms with van der Waals surface area (Å²) in [6.07, 6.45) is -1.37. The lowest BCUT2D eigenvalue weighted by molar-refractivity contribution is -0.140. The number of hydrogen-bond donors (Lipinski definition) is 7. The van der Waals surface area contributed by atoms with Crippen molar-refractivity contribution in [3.63, 3.8) is 0 Å². The third-order valence-electron chi connectivity index (χ3n) is 7.04. The molecule has 13 heteroatoms. The molecule has 0 radical (unpaired) electrons. The topological polar surface area (TPSA) is 200 Å². The largest absolute Gasteiger partial charge is 0.508 e. The Hall–Kier alpha value is -3.42. The Morgan fingerprint density at radius 1 is 0.975 bits per heavy atom. The number of carbonyl (C=O) groups excluding carboxylic acids is 3. The molecule has 0 aromatic heterocycles. The molecule has 0 unspecified atom stereocenters. The van der Waals surface area contributed by atoms with E-state index in [-0.39, 0.29) is 55.6 Å². The average molecular weight is 578 g/mol. The zero-order chi connectivity index (χ0) is 28.1. The molecule has 3 amide bonds. The first-order valence-electron chi connectivity index (χ1n) is 12.9. The van der Waals surface area contributed by atoms with Crippen molar-refractivity contribution < 1.29 is 34.4 Å². The Kier molecular flexibility index (Phi) is 10.7. The van der Waals surface area contributed by atoms with Crippen LogP contribution in [0.1, 0.15) is 17.5 Å². The fourth-order valence-electron chi connectivity index (χ4n) is 4.76. The van der Waals surface area contributed by atoms with Crippen LogP contribution in [0.5, 0.6) is 11.5 Å². The van der Waals surface area contributed by atoms with Gasteiger partial charge in [0.05, 0.1) is 25.4 Å². The minimum Gasteiger partial charge on any atom is -0.508 e. The van der Waals surface area contributed by atoms with E-state index >= 15 is 0 Å². The number of aliphatic hydroxyl groups excluding tert-OH is 1. The number of benzene rings is 2. The highest BCUT2D eigenvalue weighted by Gasteiger charge is 2.33. The van der Waals surface area contributed by atoms with E-state index in [2.05, 4.69) is 10.6 Å². The predicted octanol–water partition coefficient (Wildman–Crippen LogP) is -0.849. The summed E-state index contributed by atoms with van der Waals surface area (Å²) in [5.41, 5.74) is 13.9. The molecule has 4 bridgehead atoms. The molecular weight excluding hydrogens is 542 g/mol. The summed E-state index contributed by atoms with van der Waals surface area (Å²) in [7, 11) is 0. The second kappa shape index (κ2) is 13.8. The number of amides is 3. The van der Waals surface area contributed by atoms with E-state index in [0.29, 0.717) is 48.6 Å². The van der Waals surface area contributed by atoms with E-state index in [1.54, 1.807) is 29.2 Å². The smallest absolute Gasteiger partial charge is 0.245 e. The molecule has 2 aliphatic heterocycles. The molecular formula is C27H36ClN5O7. The molecule has 0 saturated carbocycles. The van der Waals surface area contributed by atoms with Crippen LogP contribution in [-0.2, 0) is 32.0 Å². The van der Waals surface area contributed by atoms with Gasteiger partial charge in [-0.05, 0) is 46.5 Å². The summed E-state index contributed by atoms with van der Waals surface area (Å²) >= 11 is 0. The van der Waals surface area contributed by atoms with Crippen LogP contribution in [0.25, 0.3) is 11.1 Å². The van der Waals surface area contributed by atoms with Crippen molar-refractivity contribution in [3.05, 3.63) is 47.5 Å². The Morgan fingerprint density at radius 3 is 2.12 bits per heavy atom. The maximum Gasteiger partial charge on any atom is 0.245 e. The minimum atomic E-state index is -1.24. The lowest BCUT2D eigenvalue weighted by atomic mass is 9.95. The first kappa shape index (κ1) is 31.1. The van der Waals surface area contributed by atoms with Gasteiger partial charge in [-0.15, -0.1) is 12.4 Å². The van der Waals surface area contributed by atoms with Crippen LogP contribution in [0.15, 0.2) is 36.4 Å². The van der Waals surface area contributed by atoms with Gasteiger partial charge in [0.15, 0.2) is 0 Å². The molecule has 218 valence electrons. The molecule has 2 aromatic carbocycles. The Morgan fingerprint density at radius 2 is 1.55 bits per heavy atom. The van der Waals surface area contributed by atoms with Gasteiger partial charge in [0.2, 0.25) is 17.7 Å². The minimum absolute atomic E-state index is 0. The molecule has 40 heavy (non-hydrogen) atoms. The van der Waals surface area contributed by atoms with Crippen molar-refractivity contribution in [2.24, 2.45) is 11.5 Å². The number of aliphatic hydroxyl groups is 1. The highest BCUT2D eigenvalue weighted by atomic mass is 35.5. The van der Waals surface area contributed by atoms with E-state index in [9.17, 15) is 29.7 Å². The van der Waals surface area contributed by atoms with Crippen molar-refractivity contribution in [2.45, 2.75) is 43.5 Å². The highest BCUT2D eigenvalue weighted by molar-refractivity contribution is 5.93. The van der Waals surface area contributed by atoms with Crippen LogP contribution >= 0.6 is 12.4 Å². The maximum absolute atomic E-state index is 13.6. The number of nitrogens with zero attached hydrogens (tertiary/aromatic N) is 1. The Bertz CT molecular complexity index is 1220. The second-order valence-corrected chi connectivity index (χ2v) is 9.89. The van der Waals surface area contributed by atoms with Gasteiger partial charge in [-0.3, -0.25) is 14.4 Å². The summed E-state index contributed by atoms with van der Waals surface area (Å²) in [6, 6.07) is 6.36. The van der Waals surface area contributed by atoms with Crippen LogP contribution in [0.2, 0.25) is 0 Å². The molecule has 9 N–H and O–H groups in total. The molecule has 2 heterocycles. The monoisotopic (exact) mass is 577 g/mol. The van der Waals surface area contributed by atoms with Gasteiger partial charge in [-0.2, -0.15) is 0 Å². The molecule has 12 nitrogen and oxygen atoms in total. The average Bonchev–Trinajstić information content (AvgIpc) is 2.94. The molecule has 4 rings (SSSR count). The number of nitrogens with two attached hydrogens (primary N) is 2. The van der Waals surface area contributed by atoms with Gasteiger partial charge in [0.1, 0.15) is 23.6 Å². The van der Waals surface area contributed by atoms with E-state index in [1.165, 1.54) is 12.1 Å². The van der Waals surface area contributed by atoms with Crippen molar-refractivity contribution in [1.82, 2.24) is 15.5 Å². The number of carbonyl (C=O) groups is 3. The van der Waals surface area contributed by atoms with E-state index in [4.69, 9.17) is 16.2 Å². The predicted molar refractivity (Wildman–Crippen MR) is 149 cm³/mol. The van der Waals surface area contributed by atoms with Crippen LogP contribution in [0, 0.1) is 0 Å². The van der Waals surface area contributed by atoms with Crippen molar-refractivity contribution in [3.8, 4) is 22.6 Å². The molecule has 1 saturated heterocycles. The number of nitrogens with one attached hydrogen (secondary N) is 2. The van der Waals surface area contributed by atoms with Crippen molar-refractivity contribution in [1.29, 1.82) is 0 Å². The van der Waals surface area contributed by atoms with Gasteiger partial charge in [-0.1, -0.05) is 12.1 Å². The summed E-state index contributed by atoms with van der Waals surface area (Å²) in [6.45, 7) is 1.25. The highest BCUT2D eigenvalue weighted by Crippen LogP contribution is 2.31. The SMILES string of the molecule is Cl.NC[C@H](O)C[C@H]1NC(=O)[C@@H](N)Cc2cc(ccc2O)-c2ccc(O)c(c2)C[C@H](C(=O)N2CCOCC2)NC1=O. The normalized spacial score (nSPS) is 22.6. The quantitative estimate of drug-likeness (QED) is 0.242. The number of phenols is 2. The van der Waals surface area contributed by atoms with E-state index < -0.39 is 36.0 Å². The van der Waals surface area contributed by atoms with Gasteiger partial charge in [0, 0.05) is 38.9 Å². The third kappa shape index (κ3) is 7.40. The number of hydrogen-bond acceptors (Lipinski definition) is 9. The summed E-state index contributed by atoms with van der Waals surface area (Å²) < 4.78 is 5.35. The molecule has 0 aliphatic carbocycles. The van der Waals surface area contributed by atoms with E-state index in [0.717, 1.165) is 0 Å². The standard InChI is InChI=1S/C27H35N5O7.ClH/c28-14-19(33)13-21-26(37)31-22(27(38)32-5-7-39-8-6-32)12-18-10-16(2-4-24(18)35)15-1-3-23(34)17(9-15)11-20(29)25(36)30-21;/h1-4,9-10,19-22,33-35H,5-8,11-14,28-29H2,(H,30,36)(H,31,37);1H/t19-,20+,21-,22-;/m1./s1. The van der Waals surface area contributed by atoms with Crippen LogP contribution < -0.4 is 22.1 Å². The van der Waals surface area contributed by atoms with Gasteiger partial charge >= 0.3 is 0 Å². The summed E-state index contributed by atoms with van der Waals surface area (Å²) in [5, 5.41) is 36.6. The first-order valence-corrected chi connectivity index (χ1v) is 12.9. The number of ether oxygens (including phenoxy) is 1.